The summed E-state index contributed by atoms with van der Waals surface area (Å²) in [4.78, 5) is 0. The molecule has 1 aliphatic rings. The van der Waals surface area contributed by atoms with Gasteiger partial charge in [0.2, 0.25) is 0 Å². The third-order valence-corrected chi connectivity index (χ3v) is 3.79. The lowest BCUT2D eigenvalue weighted by molar-refractivity contribution is -0.151. The molecule has 1 N–H and O–H groups in total. The summed E-state index contributed by atoms with van der Waals surface area (Å²) >= 11 is 0. The van der Waals surface area contributed by atoms with Crippen molar-refractivity contribution in [2.24, 2.45) is 0 Å². The van der Waals surface area contributed by atoms with E-state index in [9.17, 15) is 5.11 Å². The van der Waals surface area contributed by atoms with Crippen LogP contribution in [-0.2, 0) is 4.74 Å². The summed E-state index contributed by atoms with van der Waals surface area (Å²) in [7, 11) is 4.85. The summed E-state index contributed by atoms with van der Waals surface area (Å²) < 4.78 is 15.9. The highest BCUT2D eigenvalue weighted by Gasteiger charge is 2.44. The molecule has 1 atom stereocenters. The Labute approximate surface area is 107 Å². The number of methoxy groups -OCH3 is 3. The first-order valence-corrected chi connectivity index (χ1v) is 6.11. The zero-order chi connectivity index (χ0) is 13.2. The molecular weight excluding hydrogens is 232 g/mol. The number of hydrogen-bond donors (Lipinski definition) is 1. The van der Waals surface area contributed by atoms with Gasteiger partial charge in [0.15, 0.2) is 0 Å². The fraction of sp³-hybridized carbons (Fsp3) is 0.571. The molecule has 0 amide bonds. The maximum absolute atomic E-state index is 10.5. The van der Waals surface area contributed by atoms with Gasteiger partial charge in [-0.1, -0.05) is 0 Å². The first-order chi connectivity index (χ1) is 8.65. The van der Waals surface area contributed by atoms with Crippen molar-refractivity contribution >= 4 is 0 Å². The molecule has 0 aromatic heterocycles. The van der Waals surface area contributed by atoms with Crippen molar-refractivity contribution in [3.8, 4) is 11.5 Å². The Bertz CT molecular complexity index is 384. The van der Waals surface area contributed by atoms with Crippen LogP contribution < -0.4 is 9.47 Å². The van der Waals surface area contributed by atoms with Crippen LogP contribution in [0.15, 0.2) is 18.2 Å². The van der Waals surface area contributed by atoms with Crippen LogP contribution in [0.5, 0.6) is 11.5 Å². The van der Waals surface area contributed by atoms with E-state index in [-0.39, 0.29) is 0 Å². The summed E-state index contributed by atoms with van der Waals surface area (Å²) in [5, 5.41) is 10.5. The van der Waals surface area contributed by atoms with Crippen LogP contribution in [0, 0.1) is 0 Å². The van der Waals surface area contributed by atoms with Crippen LogP contribution in [0.2, 0.25) is 0 Å². The highest BCUT2D eigenvalue weighted by atomic mass is 16.5. The average Bonchev–Trinajstić information content (AvgIpc) is 2.37. The first kappa shape index (κ1) is 13.2. The molecule has 1 unspecified atom stereocenters. The lowest BCUT2D eigenvalue weighted by Gasteiger charge is -2.44. The molecule has 0 radical (unpaired) electrons. The van der Waals surface area contributed by atoms with E-state index in [1.165, 1.54) is 0 Å². The van der Waals surface area contributed by atoms with Crippen molar-refractivity contribution in [2.75, 3.05) is 21.3 Å². The van der Waals surface area contributed by atoms with Crippen LogP contribution >= 0.6 is 0 Å². The Kier molecular flexibility index (Phi) is 3.78. The molecule has 18 heavy (non-hydrogen) atoms. The predicted molar refractivity (Wildman–Crippen MR) is 68.1 cm³/mol. The molecule has 1 aromatic rings. The van der Waals surface area contributed by atoms with Crippen LogP contribution in [0.3, 0.4) is 0 Å². The molecule has 1 aliphatic carbocycles. The zero-order valence-electron chi connectivity index (χ0n) is 11.1. The van der Waals surface area contributed by atoms with Crippen molar-refractivity contribution in [3.63, 3.8) is 0 Å². The minimum absolute atomic E-state index is 0.447. The third kappa shape index (κ3) is 2.18. The van der Waals surface area contributed by atoms with E-state index in [1.54, 1.807) is 27.4 Å². The largest absolute Gasteiger partial charge is 0.497 e. The van der Waals surface area contributed by atoms with Gasteiger partial charge in [0, 0.05) is 13.2 Å². The van der Waals surface area contributed by atoms with Crippen molar-refractivity contribution in [1.29, 1.82) is 0 Å². The molecule has 0 heterocycles. The molecule has 4 nitrogen and oxygen atoms in total. The Balaban J connectivity index is 2.31. The molecule has 0 spiro atoms. The minimum Gasteiger partial charge on any atom is -0.497 e. The summed E-state index contributed by atoms with van der Waals surface area (Å²) in [5.74, 6) is 1.35. The smallest absolute Gasteiger partial charge is 0.122 e. The number of aliphatic hydroxyl groups excluding tert-OH is 1. The van der Waals surface area contributed by atoms with Crippen molar-refractivity contribution in [3.05, 3.63) is 23.8 Å². The summed E-state index contributed by atoms with van der Waals surface area (Å²) in [5.41, 5.74) is 0.324. The van der Waals surface area contributed by atoms with Gasteiger partial charge >= 0.3 is 0 Å². The molecule has 0 bridgehead atoms. The molecule has 1 saturated carbocycles. The molecule has 4 heteroatoms. The first-order valence-electron chi connectivity index (χ1n) is 6.11. The van der Waals surface area contributed by atoms with E-state index in [2.05, 4.69) is 0 Å². The molecule has 2 rings (SSSR count). The monoisotopic (exact) mass is 252 g/mol. The minimum atomic E-state index is -0.653. The second kappa shape index (κ2) is 5.16. The van der Waals surface area contributed by atoms with E-state index < -0.39 is 11.7 Å². The molecule has 0 saturated heterocycles. The third-order valence-electron chi connectivity index (χ3n) is 3.79. The van der Waals surface area contributed by atoms with Gasteiger partial charge in [0.05, 0.1) is 19.8 Å². The SMILES string of the molecule is COc1cc(OC)cc(C(O)C2(OC)CCC2)c1. The van der Waals surface area contributed by atoms with Crippen molar-refractivity contribution in [1.82, 2.24) is 0 Å². The maximum Gasteiger partial charge on any atom is 0.122 e. The van der Waals surface area contributed by atoms with Gasteiger partial charge < -0.3 is 19.3 Å². The maximum atomic E-state index is 10.5. The van der Waals surface area contributed by atoms with Gasteiger partial charge in [-0.25, -0.2) is 0 Å². The molecule has 0 aliphatic heterocycles. The lowest BCUT2D eigenvalue weighted by Crippen LogP contribution is -2.45. The summed E-state index contributed by atoms with van der Waals surface area (Å²) in [6.07, 6.45) is 2.20. The Morgan fingerprint density at radius 2 is 1.61 bits per heavy atom. The van der Waals surface area contributed by atoms with Gasteiger partial charge in [0.1, 0.15) is 17.6 Å². The van der Waals surface area contributed by atoms with Gasteiger partial charge in [-0.3, -0.25) is 0 Å². The Morgan fingerprint density at radius 1 is 1.06 bits per heavy atom. The normalized spacial score (nSPS) is 18.9. The lowest BCUT2D eigenvalue weighted by atomic mass is 9.73. The van der Waals surface area contributed by atoms with E-state index in [4.69, 9.17) is 14.2 Å². The van der Waals surface area contributed by atoms with E-state index >= 15 is 0 Å². The number of hydrogen-bond acceptors (Lipinski definition) is 4. The number of aliphatic hydroxyl groups is 1. The highest BCUT2D eigenvalue weighted by molar-refractivity contribution is 5.40. The Morgan fingerprint density at radius 3 is 1.94 bits per heavy atom. The number of benzene rings is 1. The fourth-order valence-corrected chi connectivity index (χ4v) is 2.41. The molecule has 1 fully saturated rings. The second-order valence-corrected chi connectivity index (χ2v) is 4.67. The van der Waals surface area contributed by atoms with Crippen LogP contribution in [-0.4, -0.2) is 32.0 Å². The second-order valence-electron chi connectivity index (χ2n) is 4.67. The topological polar surface area (TPSA) is 47.9 Å². The van der Waals surface area contributed by atoms with Crippen LogP contribution in [0.25, 0.3) is 0 Å². The number of rotatable bonds is 5. The van der Waals surface area contributed by atoms with Crippen LogP contribution in [0.1, 0.15) is 30.9 Å². The van der Waals surface area contributed by atoms with Gasteiger partial charge in [-0.05, 0) is 37.0 Å². The fourth-order valence-electron chi connectivity index (χ4n) is 2.41. The molecular formula is C14H20O4. The molecule has 100 valence electrons. The van der Waals surface area contributed by atoms with E-state index in [0.717, 1.165) is 24.8 Å². The quantitative estimate of drug-likeness (QED) is 0.873. The summed E-state index contributed by atoms with van der Waals surface area (Å²) in [6, 6.07) is 5.44. The number of ether oxygens (including phenoxy) is 3. The zero-order valence-corrected chi connectivity index (χ0v) is 11.1. The van der Waals surface area contributed by atoms with Crippen molar-refractivity contribution < 1.29 is 19.3 Å². The standard InChI is InChI=1S/C14H20O4/c1-16-11-7-10(8-12(9-11)17-2)13(15)14(18-3)5-4-6-14/h7-9,13,15H,4-6H2,1-3H3. The van der Waals surface area contributed by atoms with Gasteiger partial charge in [0.25, 0.3) is 0 Å². The summed E-state index contributed by atoms with van der Waals surface area (Å²) in [6.45, 7) is 0. The van der Waals surface area contributed by atoms with Gasteiger partial charge in [-0.15, -0.1) is 0 Å². The van der Waals surface area contributed by atoms with E-state index in [1.807, 2.05) is 12.1 Å². The van der Waals surface area contributed by atoms with E-state index in [0.29, 0.717) is 11.5 Å². The highest BCUT2D eigenvalue weighted by Crippen LogP contribution is 2.45. The van der Waals surface area contributed by atoms with Crippen LogP contribution in [0.4, 0.5) is 0 Å². The Hall–Kier alpha value is -1.26. The van der Waals surface area contributed by atoms with Gasteiger partial charge in [-0.2, -0.15) is 0 Å². The predicted octanol–water partition coefficient (Wildman–Crippen LogP) is 2.31. The molecule has 1 aromatic carbocycles. The average molecular weight is 252 g/mol. The van der Waals surface area contributed by atoms with Crippen molar-refractivity contribution in [2.45, 2.75) is 31.0 Å².